The lowest BCUT2D eigenvalue weighted by Crippen LogP contribution is -2.31. The van der Waals surface area contributed by atoms with Crippen LogP contribution in [-0.2, 0) is 5.60 Å². The fourth-order valence-corrected chi connectivity index (χ4v) is 3.24. The van der Waals surface area contributed by atoms with Gasteiger partial charge in [-0.25, -0.2) is 0 Å². The summed E-state index contributed by atoms with van der Waals surface area (Å²) in [4.78, 5) is 0. The van der Waals surface area contributed by atoms with E-state index in [1.54, 1.807) is 0 Å². The van der Waals surface area contributed by atoms with Crippen molar-refractivity contribution in [3.63, 3.8) is 0 Å². The summed E-state index contributed by atoms with van der Waals surface area (Å²) in [5, 5.41) is 11.5. The molecule has 0 radical (unpaired) electrons. The monoisotopic (exact) mass is 248 g/mol. The zero-order valence-corrected chi connectivity index (χ0v) is 10.7. The Morgan fingerprint density at radius 3 is 1.74 bits per heavy atom. The Kier molecular flexibility index (Phi) is 2.21. The summed E-state index contributed by atoms with van der Waals surface area (Å²) in [7, 11) is 0. The molecular weight excluding hydrogens is 232 g/mol. The Balaban J connectivity index is 2.06. The van der Waals surface area contributed by atoms with Crippen molar-refractivity contribution in [1.29, 1.82) is 0 Å². The maximum atomic E-state index is 11.5. The van der Waals surface area contributed by atoms with Gasteiger partial charge in [0.1, 0.15) is 5.60 Å². The molecule has 0 aromatic heterocycles. The molecule has 2 aromatic rings. The lowest BCUT2D eigenvalue weighted by atomic mass is 9.79. The van der Waals surface area contributed by atoms with Gasteiger partial charge in [-0.05, 0) is 41.0 Å². The first-order valence-corrected chi connectivity index (χ1v) is 6.89. The van der Waals surface area contributed by atoms with Crippen LogP contribution in [0, 0.1) is 5.92 Å². The minimum Gasteiger partial charge on any atom is -0.380 e. The van der Waals surface area contributed by atoms with Crippen molar-refractivity contribution in [2.45, 2.75) is 18.4 Å². The number of aliphatic hydroxyl groups is 1. The third kappa shape index (κ3) is 1.52. The van der Waals surface area contributed by atoms with Crippen LogP contribution in [0.15, 0.2) is 48.5 Å². The van der Waals surface area contributed by atoms with Gasteiger partial charge in [-0.1, -0.05) is 60.7 Å². The Morgan fingerprint density at radius 2 is 1.26 bits per heavy atom. The molecule has 1 N–H and O–H groups in total. The second kappa shape index (κ2) is 3.82. The average Bonchev–Trinajstić information content (AvgIpc) is 3.29. The molecule has 0 unspecified atom stereocenters. The number of hydrogen-bond donors (Lipinski definition) is 1. The van der Waals surface area contributed by atoms with Crippen molar-refractivity contribution in [3.05, 3.63) is 70.8 Å². The van der Waals surface area contributed by atoms with E-state index in [2.05, 4.69) is 36.4 Å². The third-order valence-electron chi connectivity index (χ3n) is 4.35. The average molecular weight is 248 g/mol. The van der Waals surface area contributed by atoms with E-state index in [-0.39, 0.29) is 0 Å². The van der Waals surface area contributed by atoms with E-state index < -0.39 is 5.60 Å². The van der Waals surface area contributed by atoms with Crippen LogP contribution < -0.4 is 0 Å². The first-order valence-electron chi connectivity index (χ1n) is 6.89. The summed E-state index contributed by atoms with van der Waals surface area (Å²) in [6.45, 7) is 0. The summed E-state index contributed by atoms with van der Waals surface area (Å²) in [5.74, 6) is 0.356. The Hall–Kier alpha value is -1.86. The highest BCUT2D eigenvalue weighted by Crippen LogP contribution is 2.52. The van der Waals surface area contributed by atoms with E-state index in [1.807, 2.05) is 24.3 Å². The van der Waals surface area contributed by atoms with Crippen molar-refractivity contribution in [2.75, 3.05) is 0 Å². The van der Waals surface area contributed by atoms with Crippen LogP contribution in [0.3, 0.4) is 0 Å². The largest absolute Gasteiger partial charge is 0.380 e. The topological polar surface area (TPSA) is 20.2 Å². The Labute approximate surface area is 113 Å². The minimum atomic E-state index is -0.823. The van der Waals surface area contributed by atoms with Gasteiger partial charge in [-0.2, -0.15) is 0 Å². The van der Waals surface area contributed by atoms with Gasteiger partial charge in [0.15, 0.2) is 0 Å². The van der Waals surface area contributed by atoms with E-state index in [4.69, 9.17) is 0 Å². The maximum absolute atomic E-state index is 11.5. The highest BCUT2D eigenvalue weighted by atomic mass is 16.3. The first kappa shape index (κ1) is 11.0. The van der Waals surface area contributed by atoms with Gasteiger partial charge in [0.2, 0.25) is 0 Å². The molecule has 19 heavy (non-hydrogen) atoms. The van der Waals surface area contributed by atoms with Crippen LogP contribution >= 0.6 is 0 Å². The molecule has 1 heteroatoms. The number of rotatable bonds is 1. The van der Waals surface area contributed by atoms with Gasteiger partial charge in [0, 0.05) is 0 Å². The SMILES string of the molecule is OC1(C2CC2)c2ccccc2C=Cc2ccccc21. The molecule has 0 heterocycles. The smallest absolute Gasteiger partial charge is 0.119 e. The first-order chi connectivity index (χ1) is 9.30. The van der Waals surface area contributed by atoms with Gasteiger partial charge >= 0.3 is 0 Å². The lowest BCUT2D eigenvalue weighted by Gasteiger charge is -2.31. The second-order valence-corrected chi connectivity index (χ2v) is 5.55. The molecule has 0 atom stereocenters. The third-order valence-corrected chi connectivity index (χ3v) is 4.35. The molecule has 0 saturated heterocycles. The summed E-state index contributed by atoms with van der Waals surface area (Å²) in [6.07, 6.45) is 6.46. The van der Waals surface area contributed by atoms with E-state index in [1.165, 1.54) is 0 Å². The van der Waals surface area contributed by atoms with E-state index in [0.717, 1.165) is 35.1 Å². The van der Waals surface area contributed by atoms with Crippen LogP contribution in [0.5, 0.6) is 0 Å². The number of hydrogen-bond acceptors (Lipinski definition) is 1. The molecule has 4 rings (SSSR count). The van der Waals surface area contributed by atoms with Crippen molar-refractivity contribution >= 4 is 12.2 Å². The molecule has 0 aliphatic heterocycles. The van der Waals surface area contributed by atoms with Gasteiger partial charge in [0.05, 0.1) is 0 Å². The molecule has 94 valence electrons. The summed E-state index contributed by atoms with van der Waals surface area (Å²) in [6, 6.07) is 16.4. The molecule has 2 aliphatic rings. The molecule has 2 aliphatic carbocycles. The minimum absolute atomic E-state index is 0.356. The van der Waals surface area contributed by atoms with Crippen molar-refractivity contribution in [1.82, 2.24) is 0 Å². The predicted octanol–water partition coefficient (Wildman–Crippen LogP) is 3.82. The Morgan fingerprint density at radius 1 is 0.789 bits per heavy atom. The maximum Gasteiger partial charge on any atom is 0.119 e. The van der Waals surface area contributed by atoms with Crippen LogP contribution in [0.2, 0.25) is 0 Å². The molecular formula is C18H16O. The molecule has 1 saturated carbocycles. The number of fused-ring (bicyclic) bond motifs is 2. The molecule has 0 spiro atoms. The second-order valence-electron chi connectivity index (χ2n) is 5.55. The van der Waals surface area contributed by atoms with E-state index >= 15 is 0 Å². The van der Waals surface area contributed by atoms with Crippen LogP contribution in [0.4, 0.5) is 0 Å². The lowest BCUT2D eigenvalue weighted by molar-refractivity contribution is 0.0562. The predicted molar refractivity (Wildman–Crippen MR) is 77.5 cm³/mol. The molecule has 1 fully saturated rings. The molecule has 1 nitrogen and oxygen atoms in total. The fourth-order valence-electron chi connectivity index (χ4n) is 3.24. The fraction of sp³-hybridized carbons (Fsp3) is 0.222. The van der Waals surface area contributed by atoms with Crippen molar-refractivity contribution in [3.8, 4) is 0 Å². The van der Waals surface area contributed by atoms with Crippen LogP contribution in [-0.4, -0.2) is 5.11 Å². The zero-order chi connectivity index (χ0) is 12.9. The molecule has 0 amide bonds. The van der Waals surface area contributed by atoms with Gasteiger partial charge < -0.3 is 5.11 Å². The van der Waals surface area contributed by atoms with E-state index in [9.17, 15) is 5.11 Å². The number of benzene rings is 2. The van der Waals surface area contributed by atoms with Crippen molar-refractivity contribution < 1.29 is 5.11 Å². The van der Waals surface area contributed by atoms with Crippen LogP contribution in [0.1, 0.15) is 35.1 Å². The van der Waals surface area contributed by atoms with Crippen LogP contribution in [0.25, 0.3) is 12.2 Å². The quantitative estimate of drug-likeness (QED) is 0.813. The molecule has 2 aromatic carbocycles. The van der Waals surface area contributed by atoms with E-state index in [0.29, 0.717) is 5.92 Å². The standard InChI is InChI=1S/C18H16O/c19-18(15-11-12-15)16-7-3-1-5-13(16)9-10-14-6-2-4-8-17(14)18/h1-10,15,19H,11-12H2. The van der Waals surface area contributed by atoms with Gasteiger partial charge in [-0.3, -0.25) is 0 Å². The summed E-state index contributed by atoms with van der Waals surface area (Å²) in [5.41, 5.74) is 3.55. The Bertz CT molecular complexity index is 615. The van der Waals surface area contributed by atoms with Crippen molar-refractivity contribution in [2.24, 2.45) is 5.92 Å². The van der Waals surface area contributed by atoms with Gasteiger partial charge in [-0.15, -0.1) is 0 Å². The highest BCUT2D eigenvalue weighted by Gasteiger charge is 2.48. The molecule has 0 bridgehead atoms. The summed E-state index contributed by atoms with van der Waals surface area (Å²) < 4.78 is 0. The normalized spacial score (nSPS) is 19.4. The van der Waals surface area contributed by atoms with Gasteiger partial charge in [0.25, 0.3) is 0 Å². The summed E-state index contributed by atoms with van der Waals surface area (Å²) >= 11 is 0. The highest BCUT2D eigenvalue weighted by molar-refractivity contribution is 5.77. The zero-order valence-electron chi connectivity index (χ0n) is 10.7.